The Morgan fingerprint density at radius 3 is 2.86 bits per heavy atom. The Hall–Kier alpha value is -2.76. The molecular weight excluding hydrogens is 280 g/mol. The molecule has 0 atom stereocenters. The highest BCUT2D eigenvalue weighted by Crippen LogP contribution is 2.25. The SMILES string of the molecule is O=C(O)/C=C/c1cccc(F)c1OCc1cncc(F)c1. The first-order valence-corrected chi connectivity index (χ1v) is 5.98. The van der Waals surface area contributed by atoms with E-state index in [-0.39, 0.29) is 17.9 Å². The number of carbonyl (C=O) groups is 1. The van der Waals surface area contributed by atoms with Crippen molar-refractivity contribution in [1.29, 1.82) is 0 Å². The van der Waals surface area contributed by atoms with Gasteiger partial charge in [0.15, 0.2) is 11.6 Å². The van der Waals surface area contributed by atoms with Crippen LogP contribution in [0.2, 0.25) is 0 Å². The fourth-order valence-electron chi connectivity index (χ4n) is 1.66. The van der Waals surface area contributed by atoms with Crippen molar-refractivity contribution in [3.63, 3.8) is 0 Å². The molecule has 0 fully saturated rings. The number of ether oxygens (including phenoxy) is 1. The molecule has 4 nitrogen and oxygen atoms in total. The van der Waals surface area contributed by atoms with Crippen molar-refractivity contribution in [3.8, 4) is 5.75 Å². The van der Waals surface area contributed by atoms with E-state index in [1.807, 2.05) is 0 Å². The monoisotopic (exact) mass is 291 g/mol. The number of rotatable bonds is 5. The van der Waals surface area contributed by atoms with Crippen molar-refractivity contribution in [2.45, 2.75) is 6.61 Å². The second kappa shape index (κ2) is 6.60. The van der Waals surface area contributed by atoms with Gasteiger partial charge in [-0.15, -0.1) is 0 Å². The molecule has 0 saturated heterocycles. The third-order valence-corrected chi connectivity index (χ3v) is 2.55. The molecular formula is C15H11F2NO3. The standard InChI is InChI=1S/C15H11F2NO3/c16-12-6-10(7-18-8-12)9-21-15-11(4-5-14(19)20)2-1-3-13(15)17/h1-8H,9H2,(H,19,20)/b5-4+. The van der Waals surface area contributed by atoms with Gasteiger partial charge in [0.05, 0.1) is 6.20 Å². The summed E-state index contributed by atoms with van der Waals surface area (Å²) in [7, 11) is 0. The predicted octanol–water partition coefficient (Wildman–Crippen LogP) is 3.04. The first-order chi connectivity index (χ1) is 10.1. The van der Waals surface area contributed by atoms with Gasteiger partial charge in [-0.1, -0.05) is 12.1 Å². The number of para-hydroxylation sites is 1. The molecule has 108 valence electrons. The molecule has 0 saturated carbocycles. The van der Waals surface area contributed by atoms with Gasteiger partial charge in [0, 0.05) is 23.4 Å². The van der Waals surface area contributed by atoms with Crippen molar-refractivity contribution in [2.75, 3.05) is 0 Å². The number of aromatic nitrogens is 1. The summed E-state index contributed by atoms with van der Waals surface area (Å²) in [5, 5.41) is 8.60. The highest BCUT2D eigenvalue weighted by Gasteiger charge is 2.09. The van der Waals surface area contributed by atoms with Crippen LogP contribution in [-0.2, 0) is 11.4 Å². The Labute approximate surface area is 119 Å². The van der Waals surface area contributed by atoms with Gasteiger partial charge in [0.1, 0.15) is 12.4 Å². The number of hydrogen-bond donors (Lipinski definition) is 1. The zero-order valence-electron chi connectivity index (χ0n) is 10.8. The number of pyridine rings is 1. The molecule has 0 aliphatic rings. The molecule has 0 bridgehead atoms. The van der Waals surface area contributed by atoms with Crippen LogP contribution in [0.1, 0.15) is 11.1 Å². The summed E-state index contributed by atoms with van der Waals surface area (Å²) in [5.41, 5.74) is 0.716. The van der Waals surface area contributed by atoms with Crippen LogP contribution < -0.4 is 4.74 Å². The average molecular weight is 291 g/mol. The maximum Gasteiger partial charge on any atom is 0.328 e. The summed E-state index contributed by atoms with van der Waals surface area (Å²) >= 11 is 0. The molecule has 6 heteroatoms. The molecule has 21 heavy (non-hydrogen) atoms. The zero-order chi connectivity index (χ0) is 15.2. The quantitative estimate of drug-likeness (QED) is 0.860. The third kappa shape index (κ3) is 4.10. The van der Waals surface area contributed by atoms with Crippen LogP contribution in [0.4, 0.5) is 8.78 Å². The van der Waals surface area contributed by atoms with Crippen LogP contribution in [0.3, 0.4) is 0 Å². The van der Waals surface area contributed by atoms with E-state index in [1.165, 1.54) is 36.5 Å². The van der Waals surface area contributed by atoms with E-state index in [0.717, 1.165) is 12.3 Å². The molecule has 0 aliphatic carbocycles. The van der Waals surface area contributed by atoms with Crippen molar-refractivity contribution >= 4 is 12.0 Å². The number of carboxylic acid groups (broad SMARTS) is 1. The Balaban J connectivity index is 2.20. The maximum atomic E-state index is 13.8. The van der Waals surface area contributed by atoms with Crippen LogP contribution in [-0.4, -0.2) is 16.1 Å². The molecule has 0 radical (unpaired) electrons. The van der Waals surface area contributed by atoms with E-state index in [9.17, 15) is 13.6 Å². The summed E-state index contributed by atoms with van der Waals surface area (Å²) in [6.07, 6.45) is 4.56. The fourth-order valence-corrected chi connectivity index (χ4v) is 1.66. The number of benzene rings is 1. The van der Waals surface area contributed by atoms with Gasteiger partial charge in [0.2, 0.25) is 0 Å². The first-order valence-electron chi connectivity index (χ1n) is 5.98. The van der Waals surface area contributed by atoms with Gasteiger partial charge in [0.25, 0.3) is 0 Å². The van der Waals surface area contributed by atoms with Crippen LogP contribution in [0.5, 0.6) is 5.75 Å². The second-order valence-corrected chi connectivity index (χ2v) is 4.13. The number of carboxylic acids is 1. The van der Waals surface area contributed by atoms with E-state index in [2.05, 4.69) is 4.98 Å². The molecule has 2 aromatic rings. The Morgan fingerprint density at radius 1 is 1.33 bits per heavy atom. The molecule has 0 spiro atoms. The molecule has 2 rings (SSSR count). The summed E-state index contributed by atoms with van der Waals surface area (Å²) in [4.78, 5) is 14.2. The van der Waals surface area contributed by atoms with Gasteiger partial charge in [-0.05, 0) is 18.2 Å². The summed E-state index contributed by atoms with van der Waals surface area (Å²) in [5.74, 6) is -2.40. The molecule has 1 N–H and O–H groups in total. The maximum absolute atomic E-state index is 13.8. The number of nitrogens with zero attached hydrogens (tertiary/aromatic N) is 1. The lowest BCUT2D eigenvalue weighted by Crippen LogP contribution is -2.00. The Morgan fingerprint density at radius 2 is 2.14 bits per heavy atom. The van der Waals surface area contributed by atoms with Gasteiger partial charge in [-0.25, -0.2) is 13.6 Å². The largest absolute Gasteiger partial charge is 0.485 e. The Kier molecular flexibility index (Phi) is 4.61. The van der Waals surface area contributed by atoms with Crippen molar-refractivity contribution in [3.05, 3.63) is 65.5 Å². The minimum absolute atomic E-state index is 0.0837. The smallest absolute Gasteiger partial charge is 0.328 e. The fraction of sp³-hybridized carbons (Fsp3) is 0.0667. The molecule has 0 unspecified atom stereocenters. The van der Waals surface area contributed by atoms with E-state index in [1.54, 1.807) is 0 Å². The molecule has 1 aromatic heterocycles. The lowest BCUT2D eigenvalue weighted by Gasteiger charge is -2.10. The van der Waals surface area contributed by atoms with E-state index in [4.69, 9.17) is 9.84 Å². The molecule has 1 aromatic carbocycles. The predicted molar refractivity (Wildman–Crippen MR) is 71.6 cm³/mol. The first kappa shape index (κ1) is 14.6. The van der Waals surface area contributed by atoms with E-state index in [0.29, 0.717) is 5.56 Å². The number of hydrogen-bond acceptors (Lipinski definition) is 3. The highest BCUT2D eigenvalue weighted by molar-refractivity contribution is 5.85. The van der Waals surface area contributed by atoms with Crippen molar-refractivity contribution in [1.82, 2.24) is 4.98 Å². The summed E-state index contributed by atoms with van der Waals surface area (Å²) < 4.78 is 32.1. The molecule has 0 amide bonds. The normalized spacial score (nSPS) is 10.8. The van der Waals surface area contributed by atoms with Gasteiger partial charge < -0.3 is 9.84 Å². The van der Waals surface area contributed by atoms with Crippen LogP contribution in [0, 0.1) is 11.6 Å². The average Bonchev–Trinajstić information content (AvgIpc) is 2.44. The minimum Gasteiger partial charge on any atom is -0.485 e. The zero-order valence-corrected chi connectivity index (χ0v) is 10.8. The van der Waals surface area contributed by atoms with Crippen LogP contribution in [0.15, 0.2) is 42.7 Å². The highest BCUT2D eigenvalue weighted by atomic mass is 19.1. The van der Waals surface area contributed by atoms with Crippen molar-refractivity contribution in [2.24, 2.45) is 0 Å². The Bertz CT molecular complexity index is 686. The number of halogens is 2. The lowest BCUT2D eigenvalue weighted by molar-refractivity contribution is -0.131. The molecule has 1 heterocycles. The van der Waals surface area contributed by atoms with Gasteiger partial charge in [-0.2, -0.15) is 0 Å². The minimum atomic E-state index is -1.15. The van der Waals surface area contributed by atoms with Gasteiger partial charge in [-0.3, -0.25) is 4.98 Å². The van der Waals surface area contributed by atoms with Crippen LogP contribution in [0.25, 0.3) is 6.08 Å². The van der Waals surface area contributed by atoms with Crippen LogP contribution >= 0.6 is 0 Å². The lowest BCUT2D eigenvalue weighted by atomic mass is 10.1. The molecule has 0 aliphatic heterocycles. The third-order valence-electron chi connectivity index (χ3n) is 2.55. The topological polar surface area (TPSA) is 59.4 Å². The van der Waals surface area contributed by atoms with E-state index >= 15 is 0 Å². The van der Waals surface area contributed by atoms with Gasteiger partial charge >= 0.3 is 5.97 Å². The van der Waals surface area contributed by atoms with E-state index < -0.39 is 17.6 Å². The second-order valence-electron chi connectivity index (χ2n) is 4.13. The number of aliphatic carboxylic acids is 1. The summed E-state index contributed by atoms with van der Waals surface area (Å²) in [6.45, 7) is -0.0837. The van der Waals surface area contributed by atoms with Crippen molar-refractivity contribution < 1.29 is 23.4 Å². The summed E-state index contributed by atoms with van der Waals surface area (Å²) in [6, 6.07) is 5.37.